The maximum atomic E-state index is 12.9. The van der Waals surface area contributed by atoms with Gasteiger partial charge in [-0.3, -0.25) is 4.72 Å². The molecule has 0 saturated heterocycles. The van der Waals surface area contributed by atoms with Gasteiger partial charge in [-0.1, -0.05) is 23.2 Å². The highest BCUT2D eigenvalue weighted by molar-refractivity contribution is 7.92. The summed E-state index contributed by atoms with van der Waals surface area (Å²) < 4.78 is 38.4. The number of unbranched alkanes of at least 4 members (excludes halogenated alkanes) is 1. The van der Waals surface area contributed by atoms with Gasteiger partial charge < -0.3 is 5.11 Å². The van der Waals surface area contributed by atoms with Crippen molar-refractivity contribution < 1.29 is 17.9 Å². The number of anilines is 1. The summed E-state index contributed by atoms with van der Waals surface area (Å²) in [5.41, 5.74) is -0.0382. The zero-order valence-electron chi connectivity index (χ0n) is 9.29. The number of aliphatic hydroxyl groups is 1. The van der Waals surface area contributed by atoms with Crippen molar-refractivity contribution in [2.45, 2.75) is 12.8 Å². The van der Waals surface area contributed by atoms with Crippen LogP contribution in [-0.4, -0.2) is 25.9 Å². The Balaban J connectivity index is 2.84. The number of sulfonamides is 1. The van der Waals surface area contributed by atoms with Gasteiger partial charge in [0.15, 0.2) is 0 Å². The Bertz CT molecular complexity index is 499. The molecule has 0 aromatic heterocycles. The molecule has 0 spiro atoms. The van der Waals surface area contributed by atoms with E-state index in [9.17, 15) is 12.8 Å². The Morgan fingerprint density at radius 2 is 1.78 bits per heavy atom. The number of hydrogen-bond donors (Lipinski definition) is 2. The first-order chi connectivity index (χ1) is 8.35. The van der Waals surface area contributed by atoms with Gasteiger partial charge in [0.2, 0.25) is 10.0 Å². The highest BCUT2D eigenvalue weighted by Gasteiger charge is 2.15. The van der Waals surface area contributed by atoms with E-state index >= 15 is 0 Å². The van der Waals surface area contributed by atoms with Gasteiger partial charge in [0.25, 0.3) is 0 Å². The topological polar surface area (TPSA) is 66.4 Å². The SMILES string of the molecule is O=S(=O)(CCCCO)Nc1c(Cl)cc(F)cc1Cl. The lowest BCUT2D eigenvalue weighted by molar-refractivity contribution is 0.287. The molecule has 1 rings (SSSR count). The van der Waals surface area contributed by atoms with Gasteiger partial charge in [-0.15, -0.1) is 0 Å². The molecule has 0 atom stereocenters. The fourth-order valence-corrected chi connectivity index (χ4v) is 3.13. The van der Waals surface area contributed by atoms with E-state index in [4.69, 9.17) is 28.3 Å². The lowest BCUT2D eigenvalue weighted by Crippen LogP contribution is -2.17. The van der Waals surface area contributed by atoms with E-state index in [2.05, 4.69) is 4.72 Å². The van der Waals surface area contributed by atoms with Gasteiger partial charge in [0, 0.05) is 6.61 Å². The van der Waals surface area contributed by atoms with Crippen molar-refractivity contribution >= 4 is 38.9 Å². The van der Waals surface area contributed by atoms with Gasteiger partial charge in [-0.05, 0) is 25.0 Å². The van der Waals surface area contributed by atoms with E-state index in [1.807, 2.05) is 0 Å². The zero-order chi connectivity index (χ0) is 13.8. The molecular formula is C10H12Cl2FNO3S. The Hall–Kier alpha value is -0.560. The van der Waals surface area contributed by atoms with Crippen molar-refractivity contribution in [2.75, 3.05) is 17.1 Å². The quantitative estimate of drug-likeness (QED) is 0.793. The molecule has 0 saturated carbocycles. The monoisotopic (exact) mass is 315 g/mol. The summed E-state index contributed by atoms with van der Waals surface area (Å²) in [6, 6.07) is 1.94. The van der Waals surface area contributed by atoms with Crippen molar-refractivity contribution in [3.8, 4) is 0 Å². The maximum Gasteiger partial charge on any atom is 0.232 e. The van der Waals surface area contributed by atoms with Crippen LogP contribution in [0, 0.1) is 5.82 Å². The second-order valence-corrected chi connectivity index (χ2v) is 6.25. The van der Waals surface area contributed by atoms with Crippen LogP contribution in [-0.2, 0) is 10.0 Å². The van der Waals surface area contributed by atoms with Gasteiger partial charge >= 0.3 is 0 Å². The minimum atomic E-state index is -3.62. The second-order valence-electron chi connectivity index (χ2n) is 3.60. The van der Waals surface area contributed by atoms with Gasteiger partial charge in [0.05, 0.1) is 21.5 Å². The number of aliphatic hydroxyl groups excluding tert-OH is 1. The Kier molecular flexibility index (Phi) is 5.65. The third-order valence-electron chi connectivity index (χ3n) is 2.09. The first-order valence-corrected chi connectivity index (χ1v) is 7.52. The number of benzene rings is 1. The van der Waals surface area contributed by atoms with Crippen molar-refractivity contribution in [3.63, 3.8) is 0 Å². The van der Waals surface area contributed by atoms with E-state index in [0.29, 0.717) is 12.8 Å². The van der Waals surface area contributed by atoms with Crippen molar-refractivity contribution in [1.82, 2.24) is 0 Å². The van der Waals surface area contributed by atoms with Crippen molar-refractivity contribution in [3.05, 3.63) is 28.0 Å². The largest absolute Gasteiger partial charge is 0.396 e. The van der Waals surface area contributed by atoms with Crippen LogP contribution in [0.15, 0.2) is 12.1 Å². The number of hydrogen-bond acceptors (Lipinski definition) is 3. The van der Waals surface area contributed by atoms with E-state index < -0.39 is 15.8 Å². The normalized spacial score (nSPS) is 11.6. The summed E-state index contributed by atoms with van der Waals surface area (Å²) in [6.07, 6.45) is 0.689. The summed E-state index contributed by atoms with van der Waals surface area (Å²) in [5, 5.41) is 8.36. The summed E-state index contributed by atoms with van der Waals surface area (Å²) in [5.74, 6) is -0.814. The molecule has 1 aromatic carbocycles. The van der Waals surface area contributed by atoms with Gasteiger partial charge in [-0.25, -0.2) is 12.8 Å². The number of nitrogens with one attached hydrogen (secondary N) is 1. The van der Waals surface area contributed by atoms with Crippen molar-refractivity contribution in [2.24, 2.45) is 0 Å². The second kappa shape index (κ2) is 6.56. The molecule has 0 aliphatic heterocycles. The van der Waals surface area contributed by atoms with E-state index in [-0.39, 0.29) is 28.1 Å². The molecule has 1 aromatic rings. The predicted molar refractivity (Wildman–Crippen MR) is 70.1 cm³/mol. The molecule has 0 aliphatic carbocycles. The molecule has 0 fully saturated rings. The molecule has 8 heteroatoms. The molecule has 18 heavy (non-hydrogen) atoms. The average Bonchev–Trinajstić information content (AvgIpc) is 2.23. The third-order valence-corrected chi connectivity index (χ3v) is 4.02. The minimum Gasteiger partial charge on any atom is -0.396 e. The zero-order valence-corrected chi connectivity index (χ0v) is 11.6. The van der Waals surface area contributed by atoms with Crippen LogP contribution in [0.25, 0.3) is 0 Å². The van der Waals surface area contributed by atoms with Gasteiger partial charge in [0.1, 0.15) is 5.82 Å². The molecule has 0 unspecified atom stereocenters. The van der Waals surface area contributed by atoms with Crippen LogP contribution in [0.4, 0.5) is 10.1 Å². The van der Waals surface area contributed by atoms with Crippen LogP contribution < -0.4 is 4.72 Å². The molecule has 0 amide bonds. The third kappa shape index (κ3) is 4.61. The van der Waals surface area contributed by atoms with Crippen molar-refractivity contribution in [1.29, 1.82) is 0 Å². The molecular weight excluding hydrogens is 304 g/mol. The van der Waals surface area contributed by atoms with Crippen LogP contribution in [0.2, 0.25) is 10.0 Å². The van der Waals surface area contributed by atoms with Crippen LogP contribution >= 0.6 is 23.2 Å². The van der Waals surface area contributed by atoms with E-state index in [1.54, 1.807) is 0 Å². The number of halogens is 3. The summed E-state index contributed by atoms with van der Waals surface area (Å²) in [7, 11) is -3.62. The lowest BCUT2D eigenvalue weighted by atomic mass is 10.3. The van der Waals surface area contributed by atoms with E-state index in [0.717, 1.165) is 12.1 Å². The average molecular weight is 316 g/mol. The Morgan fingerprint density at radius 3 is 2.28 bits per heavy atom. The summed E-state index contributed by atoms with van der Waals surface area (Å²) in [6.45, 7) is -0.0758. The maximum absolute atomic E-state index is 12.9. The van der Waals surface area contributed by atoms with E-state index in [1.165, 1.54) is 0 Å². The standard InChI is InChI=1S/C10H12Cl2FNO3S/c11-8-5-7(13)6-9(12)10(8)14-18(16,17)4-2-1-3-15/h5-6,14-15H,1-4H2. The molecule has 0 radical (unpaired) electrons. The minimum absolute atomic E-state index is 0.0382. The molecule has 0 heterocycles. The van der Waals surface area contributed by atoms with Crippen LogP contribution in [0.5, 0.6) is 0 Å². The molecule has 102 valence electrons. The fraction of sp³-hybridized carbons (Fsp3) is 0.400. The molecule has 0 bridgehead atoms. The Morgan fingerprint density at radius 1 is 1.22 bits per heavy atom. The molecule has 0 aliphatic rings. The molecule has 4 nitrogen and oxygen atoms in total. The van der Waals surface area contributed by atoms with Crippen LogP contribution in [0.3, 0.4) is 0 Å². The molecule has 2 N–H and O–H groups in total. The highest BCUT2D eigenvalue weighted by atomic mass is 35.5. The van der Waals surface area contributed by atoms with Gasteiger partial charge in [-0.2, -0.15) is 0 Å². The van der Waals surface area contributed by atoms with Crippen LogP contribution in [0.1, 0.15) is 12.8 Å². The first-order valence-electron chi connectivity index (χ1n) is 5.11. The predicted octanol–water partition coefficient (Wildman–Crippen LogP) is 2.65. The first kappa shape index (κ1) is 15.5. The summed E-state index contributed by atoms with van der Waals surface area (Å²) in [4.78, 5) is 0. The Labute approximate surface area is 115 Å². The number of rotatable bonds is 6. The summed E-state index contributed by atoms with van der Waals surface area (Å²) >= 11 is 11.4. The highest BCUT2D eigenvalue weighted by Crippen LogP contribution is 2.32. The fourth-order valence-electron chi connectivity index (χ4n) is 1.25. The lowest BCUT2D eigenvalue weighted by Gasteiger charge is -2.11. The smallest absolute Gasteiger partial charge is 0.232 e.